The van der Waals surface area contributed by atoms with Gasteiger partial charge in [-0.15, -0.1) is 0 Å². The normalized spacial score (nSPS) is 30.1. The third-order valence-corrected chi connectivity index (χ3v) is 2.21. The number of carbonyl (C=O) groups is 1. The molecule has 0 aromatic heterocycles. The molecular weight excluding hydrogens is 156 g/mol. The molecule has 1 aliphatic rings. The maximum atomic E-state index is 11.3. The zero-order chi connectivity index (χ0) is 9.14. The standard InChI is InChI=1S/C8H16N2O2/c1-6-4-9-5-7(2)10(6)8(11)12-3/h6-7,9H,4-5H2,1-3H3/t6-,7-/m1/s1. The number of hydrogen-bond acceptors (Lipinski definition) is 3. The fourth-order valence-corrected chi connectivity index (χ4v) is 1.60. The van der Waals surface area contributed by atoms with Crippen molar-refractivity contribution in [3.63, 3.8) is 0 Å². The maximum Gasteiger partial charge on any atom is 0.410 e. The summed E-state index contributed by atoms with van der Waals surface area (Å²) in [5.41, 5.74) is 0. The number of hydrogen-bond donors (Lipinski definition) is 1. The maximum absolute atomic E-state index is 11.3. The molecule has 0 spiro atoms. The Labute approximate surface area is 72.9 Å². The zero-order valence-electron chi connectivity index (χ0n) is 7.83. The molecule has 0 aromatic carbocycles. The van der Waals surface area contributed by atoms with E-state index in [1.54, 1.807) is 4.90 Å². The quantitative estimate of drug-likeness (QED) is 0.576. The van der Waals surface area contributed by atoms with E-state index in [0.717, 1.165) is 13.1 Å². The predicted octanol–water partition coefficient (Wildman–Crippen LogP) is 0.435. The van der Waals surface area contributed by atoms with Crippen LogP contribution in [0.1, 0.15) is 13.8 Å². The number of piperazine rings is 1. The number of ether oxygens (including phenoxy) is 1. The van der Waals surface area contributed by atoms with Gasteiger partial charge < -0.3 is 15.0 Å². The molecule has 2 atom stereocenters. The molecule has 0 radical (unpaired) electrons. The van der Waals surface area contributed by atoms with Crippen LogP contribution in [0.2, 0.25) is 0 Å². The first-order valence-electron chi connectivity index (χ1n) is 4.23. The lowest BCUT2D eigenvalue weighted by atomic mass is 10.1. The first kappa shape index (κ1) is 9.32. The van der Waals surface area contributed by atoms with Crippen LogP contribution in [0, 0.1) is 0 Å². The van der Waals surface area contributed by atoms with Crippen LogP contribution in [0.25, 0.3) is 0 Å². The van der Waals surface area contributed by atoms with Crippen molar-refractivity contribution in [2.45, 2.75) is 25.9 Å². The molecule has 1 aliphatic heterocycles. The van der Waals surface area contributed by atoms with Crippen LogP contribution >= 0.6 is 0 Å². The number of amides is 1. The van der Waals surface area contributed by atoms with Crippen molar-refractivity contribution < 1.29 is 9.53 Å². The number of nitrogens with one attached hydrogen (secondary N) is 1. The SMILES string of the molecule is COC(=O)N1[C@H](C)CNC[C@H]1C. The van der Waals surface area contributed by atoms with Crippen LogP contribution in [-0.2, 0) is 4.74 Å². The minimum absolute atomic E-state index is 0.223. The van der Waals surface area contributed by atoms with E-state index in [-0.39, 0.29) is 18.2 Å². The average molecular weight is 172 g/mol. The van der Waals surface area contributed by atoms with E-state index in [0.29, 0.717) is 0 Å². The Morgan fingerprint density at radius 2 is 1.92 bits per heavy atom. The lowest BCUT2D eigenvalue weighted by Gasteiger charge is -2.38. The van der Waals surface area contributed by atoms with Gasteiger partial charge in [0.2, 0.25) is 0 Å². The average Bonchev–Trinajstić information content (AvgIpc) is 2.03. The van der Waals surface area contributed by atoms with Gasteiger partial charge in [0.25, 0.3) is 0 Å². The highest BCUT2D eigenvalue weighted by molar-refractivity contribution is 5.68. The third-order valence-electron chi connectivity index (χ3n) is 2.21. The summed E-state index contributed by atoms with van der Waals surface area (Å²) in [4.78, 5) is 13.0. The summed E-state index contributed by atoms with van der Waals surface area (Å²) >= 11 is 0. The van der Waals surface area contributed by atoms with Gasteiger partial charge in [0, 0.05) is 25.2 Å². The highest BCUT2D eigenvalue weighted by Gasteiger charge is 2.29. The highest BCUT2D eigenvalue weighted by Crippen LogP contribution is 2.10. The Balaban J connectivity index is 2.62. The van der Waals surface area contributed by atoms with Gasteiger partial charge in [-0.1, -0.05) is 0 Å². The highest BCUT2D eigenvalue weighted by atomic mass is 16.5. The number of rotatable bonds is 0. The van der Waals surface area contributed by atoms with Crippen LogP contribution in [0.5, 0.6) is 0 Å². The largest absolute Gasteiger partial charge is 0.453 e. The minimum atomic E-state index is -0.225. The molecule has 70 valence electrons. The molecule has 4 heteroatoms. The third kappa shape index (κ3) is 1.69. The number of methoxy groups -OCH3 is 1. The topological polar surface area (TPSA) is 41.6 Å². The molecule has 0 bridgehead atoms. The van der Waals surface area contributed by atoms with Crippen molar-refractivity contribution in [1.82, 2.24) is 10.2 Å². The molecule has 0 unspecified atom stereocenters. The summed E-state index contributed by atoms with van der Waals surface area (Å²) in [7, 11) is 1.42. The van der Waals surface area contributed by atoms with Gasteiger partial charge in [0.15, 0.2) is 0 Å². The van der Waals surface area contributed by atoms with Crippen molar-refractivity contribution in [3.8, 4) is 0 Å². The van der Waals surface area contributed by atoms with Gasteiger partial charge in [-0.2, -0.15) is 0 Å². The molecule has 0 aliphatic carbocycles. The first-order valence-corrected chi connectivity index (χ1v) is 4.23. The van der Waals surface area contributed by atoms with Crippen molar-refractivity contribution in [2.75, 3.05) is 20.2 Å². The van der Waals surface area contributed by atoms with Gasteiger partial charge in [-0.25, -0.2) is 4.79 Å². The van der Waals surface area contributed by atoms with Crippen LogP contribution in [0.15, 0.2) is 0 Å². The molecule has 0 aromatic rings. The summed E-state index contributed by atoms with van der Waals surface area (Å²) in [5, 5.41) is 3.24. The second-order valence-electron chi connectivity index (χ2n) is 3.23. The van der Waals surface area contributed by atoms with Crippen LogP contribution < -0.4 is 5.32 Å². The van der Waals surface area contributed by atoms with Gasteiger partial charge in [-0.05, 0) is 13.8 Å². The molecule has 1 amide bonds. The smallest absolute Gasteiger partial charge is 0.410 e. The Kier molecular flexibility index (Phi) is 2.92. The molecule has 1 fully saturated rings. The minimum Gasteiger partial charge on any atom is -0.453 e. The summed E-state index contributed by atoms with van der Waals surface area (Å²) in [5.74, 6) is 0. The Morgan fingerprint density at radius 1 is 1.42 bits per heavy atom. The fraction of sp³-hybridized carbons (Fsp3) is 0.875. The molecular formula is C8H16N2O2. The lowest BCUT2D eigenvalue weighted by molar-refractivity contribution is 0.0758. The summed E-state index contributed by atoms with van der Waals surface area (Å²) in [6, 6.07) is 0.447. The number of nitrogens with zero attached hydrogens (tertiary/aromatic N) is 1. The van der Waals surface area contributed by atoms with Gasteiger partial charge in [0.05, 0.1) is 7.11 Å². The van der Waals surface area contributed by atoms with E-state index >= 15 is 0 Å². The molecule has 1 rings (SSSR count). The second kappa shape index (κ2) is 3.76. The zero-order valence-corrected chi connectivity index (χ0v) is 7.83. The van der Waals surface area contributed by atoms with Crippen LogP contribution in [0.4, 0.5) is 4.79 Å². The molecule has 1 N–H and O–H groups in total. The van der Waals surface area contributed by atoms with Crippen molar-refractivity contribution in [1.29, 1.82) is 0 Å². The fourth-order valence-electron chi connectivity index (χ4n) is 1.60. The Morgan fingerprint density at radius 3 is 2.33 bits per heavy atom. The monoisotopic (exact) mass is 172 g/mol. The molecule has 1 heterocycles. The van der Waals surface area contributed by atoms with Gasteiger partial charge in [0.1, 0.15) is 0 Å². The molecule has 0 saturated carbocycles. The van der Waals surface area contributed by atoms with E-state index in [9.17, 15) is 4.79 Å². The molecule has 4 nitrogen and oxygen atoms in total. The van der Waals surface area contributed by atoms with E-state index in [4.69, 9.17) is 0 Å². The lowest BCUT2D eigenvalue weighted by Crippen LogP contribution is -2.57. The van der Waals surface area contributed by atoms with Crippen molar-refractivity contribution in [2.24, 2.45) is 0 Å². The van der Waals surface area contributed by atoms with E-state index in [1.807, 2.05) is 13.8 Å². The van der Waals surface area contributed by atoms with E-state index in [2.05, 4.69) is 10.1 Å². The van der Waals surface area contributed by atoms with Gasteiger partial charge in [-0.3, -0.25) is 0 Å². The second-order valence-corrected chi connectivity index (χ2v) is 3.23. The van der Waals surface area contributed by atoms with Crippen molar-refractivity contribution >= 4 is 6.09 Å². The van der Waals surface area contributed by atoms with Crippen LogP contribution in [-0.4, -0.2) is 43.3 Å². The molecule has 12 heavy (non-hydrogen) atoms. The Bertz CT molecular complexity index is 162. The molecule has 1 saturated heterocycles. The van der Waals surface area contributed by atoms with E-state index in [1.165, 1.54) is 7.11 Å². The summed E-state index contributed by atoms with van der Waals surface area (Å²) < 4.78 is 4.69. The number of carbonyl (C=O) groups excluding carboxylic acids is 1. The van der Waals surface area contributed by atoms with E-state index < -0.39 is 0 Å². The van der Waals surface area contributed by atoms with Crippen LogP contribution in [0.3, 0.4) is 0 Å². The van der Waals surface area contributed by atoms with Gasteiger partial charge >= 0.3 is 6.09 Å². The van der Waals surface area contributed by atoms with Crippen molar-refractivity contribution in [3.05, 3.63) is 0 Å². The summed E-state index contributed by atoms with van der Waals surface area (Å²) in [6.07, 6.45) is -0.225. The summed E-state index contributed by atoms with van der Waals surface area (Å²) in [6.45, 7) is 5.72. The Hall–Kier alpha value is -0.770. The first-order chi connectivity index (χ1) is 5.66. The predicted molar refractivity (Wildman–Crippen MR) is 46.0 cm³/mol.